The Hall–Kier alpha value is -1.87. The van der Waals surface area contributed by atoms with E-state index in [1.54, 1.807) is 0 Å². The summed E-state index contributed by atoms with van der Waals surface area (Å²) in [5.74, 6) is 0. The highest BCUT2D eigenvalue weighted by atomic mass is 79.9. The van der Waals surface area contributed by atoms with Crippen molar-refractivity contribution in [1.29, 1.82) is 0 Å². The predicted octanol–water partition coefficient (Wildman–Crippen LogP) is 7.23. The minimum atomic E-state index is 0.0453. The third kappa shape index (κ3) is 4.03. The molecule has 0 spiro atoms. The largest absolute Gasteiger partial charge is 0.362 e. The molecule has 2 aromatic carbocycles. The van der Waals surface area contributed by atoms with Crippen molar-refractivity contribution in [3.63, 3.8) is 0 Å². The summed E-state index contributed by atoms with van der Waals surface area (Å²) >= 11 is 3.52. The molecule has 142 valence electrons. The van der Waals surface area contributed by atoms with Crippen LogP contribution in [-0.2, 0) is 0 Å². The van der Waals surface area contributed by atoms with Crippen LogP contribution in [-0.4, -0.2) is 18.3 Å². The molecule has 2 aromatic rings. The van der Waals surface area contributed by atoms with E-state index >= 15 is 0 Å². The van der Waals surface area contributed by atoms with Gasteiger partial charge in [-0.1, -0.05) is 28.9 Å². The standard InChI is InChI=1S/C24H29BrN2/c1-7-10-27-23-12-16(2)19(13-21(23)18(4)14-24(27,5)6)15-26-22-9-8-20(25)11-17(22)3/h8-9,11-15H,7,10H2,1-6H3. The molecule has 0 atom stereocenters. The average Bonchev–Trinajstić information content (AvgIpc) is 2.58. The third-order valence-corrected chi connectivity index (χ3v) is 5.81. The van der Waals surface area contributed by atoms with Crippen molar-refractivity contribution < 1.29 is 0 Å². The van der Waals surface area contributed by atoms with E-state index in [2.05, 4.69) is 92.7 Å². The van der Waals surface area contributed by atoms with Gasteiger partial charge in [-0.25, -0.2) is 0 Å². The molecule has 0 radical (unpaired) electrons. The van der Waals surface area contributed by atoms with Crippen molar-refractivity contribution in [3.05, 3.63) is 63.1 Å². The lowest BCUT2D eigenvalue weighted by Crippen LogP contribution is -2.45. The maximum atomic E-state index is 4.76. The van der Waals surface area contributed by atoms with E-state index < -0.39 is 0 Å². The number of rotatable bonds is 4. The number of hydrogen-bond donors (Lipinski definition) is 0. The summed E-state index contributed by atoms with van der Waals surface area (Å²) in [6.45, 7) is 14.4. The van der Waals surface area contributed by atoms with Crippen LogP contribution in [0.5, 0.6) is 0 Å². The maximum Gasteiger partial charge on any atom is 0.0659 e. The molecule has 0 aromatic heterocycles. The second-order valence-electron chi connectivity index (χ2n) is 8.05. The number of allylic oxidation sites excluding steroid dienone is 1. The van der Waals surface area contributed by atoms with Crippen LogP contribution in [0.15, 0.2) is 45.9 Å². The summed E-state index contributed by atoms with van der Waals surface area (Å²) in [5, 5.41) is 0. The Labute approximate surface area is 172 Å². The zero-order valence-corrected chi connectivity index (χ0v) is 18.8. The normalized spacial score (nSPS) is 15.8. The fraction of sp³-hybridized carbons (Fsp3) is 0.375. The summed E-state index contributed by atoms with van der Waals surface area (Å²) in [7, 11) is 0. The van der Waals surface area contributed by atoms with Gasteiger partial charge in [0.2, 0.25) is 0 Å². The van der Waals surface area contributed by atoms with Gasteiger partial charge in [-0.15, -0.1) is 0 Å². The number of nitrogens with zero attached hydrogens (tertiary/aromatic N) is 2. The highest BCUT2D eigenvalue weighted by molar-refractivity contribution is 9.10. The molecule has 1 aliphatic rings. The van der Waals surface area contributed by atoms with Crippen LogP contribution >= 0.6 is 15.9 Å². The van der Waals surface area contributed by atoms with Crippen LogP contribution in [0.4, 0.5) is 11.4 Å². The second-order valence-corrected chi connectivity index (χ2v) is 8.96. The minimum Gasteiger partial charge on any atom is -0.362 e. The number of aryl methyl sites for hydroxylation is 2. The van der Waals surface area contributed by atoms with Crippen molar-refractivity contribution in [3.8, 4) is 0 Å². The third-order valence-electron chi connectivity index (χ3n) is 5.31. The van der Waals surface area contributed by atoms with Gasteiger partial charge in [0.1, 0.15) is 0 Å². The molecule has 2 nitrogen and oxygen atoms in total. The Morgan fingerprint density at radius 3 is 2.48 bits per heavy atom. The molecule has 1 heterocycles. The lowest BCUT2D eigenvalue weighted by atomic mass is 9.87. The Morgan fingerprint density at radius 2 is 1.81 bits per heavy atom. The molecule has 27 heavy (non-hydrogen) atoms. The highest BCUT2D eigenvalue weighted by Gasteiger charge is 2.31. The molecule has 3 rings (SSSR count). The van der Waals surface area contributed by atoms with Gasteiger partial charge in [0.25, 0.3) is 0 Å². The molecular formula is C24H29BrN2. The number of benzene rings is 2. The van der Waals surface area contributed by atoms with Gasteiger partial charge in [-0.05, 0) is 93.6 Å². The van der Waals surface area contributed by atoms with E-state index in [4.69, 9.17) is 4.99 Å². The van der Waals surface area contributed by atoms with Crippen LogP contribution < -0.4 is 4.90 Å². The quantitative estimate of drug-likeness (QED) is 0.472. The number of halogens is 1. The molecular weight excluding hydrogens is 396 g/mol. The van der Waals surface area contributed by atoms with Crippen molar-refractivity contribution >= 4 is 39.1 Å². The van der Waals surface area contributed by atoms with Crippen molar-refractivity contribution in [2.75, 3.05) is 11.4 Å². The summed E-state index contributed by atoms with van der Waals surface area (Å²) in [4.78, 5) is 7.29. The van der Waals surface area contributed by atoms with Crippen LogP contribution in [0.2, 0.25) is 0 Å². The van der Waals surface area contributed by atoms with Crippen LogP contribution in [0.3, 0.4) is 0 Å². The monoisotopic (exact) mass is 424 g/mol. The Morgan fingerprint density at radius 1 is 1.07 bits per heavy atom. The first-order valence-electron chi connectivity index (χ1n) is 9.65. The van der Waals surface area contributed by atoms with Gasteiger partial charge < -0.3 is 4.90 Å². The molecule has 0 aliphatic carbocycles. The molecule has 1 aliphatic heterocycles. The first-order valence-corrected chi connectivity index (χ1v) is 10.4. The van der Waals surface area contributed by atoms with Crippen molar-refractivity contribution in [2.24, 2.45) is 4.99 Å². The molecule has 0 amide bonds. The predicted molar refractivity (Wildman–Crippen MR) is 123 cm³/mol. The van der Waals surface area contributed by atoms with E-state index in [9.17, 15) is 0 Å². The summed E-state index contributed by atoms with van der Waals surface area (Å²) in [6.07, 6.45) is 5.53. The Balaban J connectivity index is 2.03. The van der Waals surface area contributed by atoms with E-state index in [1.807, 2.05) is 12.3 Å². The molecule has 0 unspecified atom stereocenters. The lowest BCUT2D eigenvalue weighted by Gasteiger charge is -2.43. The number of aliphatic imine (C=N–C) groups is 1. The molecule has 0 fully saturated rings. The van der Waals surface area contributed by atoms with Gasteiger partial charge in [0.15, 0.2) is 0 Å². The fourth-order valence-corrected chi connectivity index (χ4v) is 4.39. The van der Waals surface area contributed by atoms with Gasteiger partial charge >= 0.3 is 0 Å². The lowest BCUT2D eigenvalue weighted by molar-refractivity contribution is 0.550. The van der Waals surface area contributed by atoms with Gasteiger partial charge in [0.05, 0.1) is 11.2 Å². The highest BCUT2D eigenvalue weighted by Crippen LogP contribution is 2.40. The Bertz CT molecular complexity index is 922. The van der Waals surface area contributed by atoms with Crippen LogP contribution in [0.25, 0.3) is 5.57 Å². The number of anilines is 1. The molecule has 3 heteroatoms. The number of hydrogen-bond acceptors (Lipinski definition) is 2. The summed E-state index contributed by atoms with van der Waals surface area (Å²) in [6, 6.07) is 10.8. The molecule has 0 bridgehead atoms. The zero-order chi connectivity index (χ0) is 19.8. The van der Waals surface area contributed by atoms with Crippen LogP contribution in [0.1, 0.15) is 56.4 Å². The average molecular weight is 425 g/mol. The van der Waals surface area contributed by atoms with Crippen molar-refractivity contribution in [1.82, 2.24) is 0 Å². The van der Waals surface area contributed by atoms with Gasteiger partial charge in [0, 0.05) is 28.5 Å². The topological polar surface area (TPSA) is 15.6 Å². The summed E-state index contributed by atoms with van der Waals surface area (Å²) < 4.78 is 1.09. The van der Waals surface area contributed by atoms with E-state index in [-0.39, 0.29) is 5.54 Å². The van der Waals surface area contributed by atoms with Gasteiger partial charge in [-0.2, -0.15) is 0 Å². The SMILES string of the molecule is CCCN1c2cc(C)c(C=Nc3ccc(Br)cc3C)cc2C(C)=CC1(C)C. The molecule has 0 saturated heterocycles. The smallest absolute Gasteiger partial charge is 0.0659 e. The van der Waals surface area contributed by atoms with E-state index in [0.717, 1.165) is 23.1 Å². The van der Waals surface area contributed by atoms with E-state index in [1.165, 1.54) is 33.5 Å². The minimum absolute atomic E-state index is 0.0453. The number of fused-ring (bicyclic) bond motifs is 1. The first kappa shape index (κ1) is 19.9. The van der Waals surface area contributed by atoms with Crippen LogP contribution in [0, 0.1) is 13.8 Å². The maximum absolute atomic E-state index is 4.76. The first-order chi connectivity index (χ1) is 12.7. The molecule has 0 saturated carbocycles. The molecule has 0 N–H and O–H groups in total. The van der Waals surface area contributed by atoms with Gasteiger partial charge in [-0.3, -0.25) is 4.99 Å². The van der Waals surface area contributed by atoms with Crippen molar-refractivity contribution in [2.45, 2.75) is 53.5 Å². The fourth-order valence-electron chi connectivity index (χ4n) is 3.92. The Kier molecular flexibility index (Phi) is 5.62. The summed E-state index contributed by atoms with van der Waals surface area (Å²) in [5.41, 5.74) is 8.68. The van der Waals surface area contributed by atoms with E-state index in [0.29, 0.717) is 0 Å². The second kappa shape index (κ2) is 7.63. The zero-order valence-electron chi connectivity index (χ0n) is 17.2.